The minimum Gasteiger partial charge on any atom is -0.464 e. The van der Waals surface area contributed by atoms with Gasteiger partial charge >= 0.3 is 6.01 Å². The lowest BCUT2D eigenvalue weighted by Gasteiger charge is -2.31. The number of hydrogen-bond acceptors (Lipinski definition) is 7. The zero-order valence-electron chi connectivity index (χ0n) is 20.9. The Bertz CT molecular complexity index is 1400. The van der Waals surface area contributed by atoms with Crippen molar-refractivity contribution in [2.24, 2.45) is 0 Å². The number of aryl methyl sites for hydroxylation is 1. The molecule has 2 aliphatic rings. The van der Waals surface area contributed by atoms with Crippen LogP contribution in [-0.2, 0) is 13.1 Å². The molecule has 2 fully saturated rings. The standard InChI is InChI=1S/C27H30FN7O/c1-4-36-27-30-17(2)24-26(32-27)35(25(31-24)20-9-21(28)12-29-11-20)14-19-7-5-18(6-8-19)13-34-16-22-10-23(34)15-33(22)3/h5-9,11-12,22-23H,4,10,13-16H2,1-3H3/t22-,23-/m0/s1. The van der Waals surface area contributed by atoms with E-state index in [1.54, 1.807) is 6.20 Å². The second kappa shape index (κ2) is 9.22. The van der Waals surface area contributed by atoms with Crippen LogP contribution in [-0.4, -0.2) is 73.1 Å². The third-order valence-corrected chi connectivity index (χ3v) is 7.36. The van der Waals surface area contributed by atoms with Gasteiger partial charge in [-0.05, 0) is 44.5 Å². The van der Waals surface area contributed by atoms with Crippen LogP contribution in [0.15, 0.2) is 42.7 Å². The lowest BCUT2D eigenvalue weighted by molar-refractivity contribution is 0.143. The summed E-state index contributed by atoms with van der Waals surface area (Å²) < 4.78 is 21.6. The molecule has 2 saturated heterocycles. The number of rotatable bonds is 7. The predicted octanol–water partition coefficient (Wildman–Crippen LogP) is 3.67. The van der Waals surface area contributed by atoms with Crippen molar-refractivity contribution in [1.82, 2.24) is 34.3 Å². The lowest BCUT2D eigenvalue weighted by Crippen LogP contribution is -2.43. The fraction of sp³-hybridized carbons (Fsp3) is 0.407. The molecular formula is C27H30FN7O. The summed E-state index contributed by atoms with van der Waals surface area (Å²) in [5, 5.41) is 0. The van der Waals surface area contributed by atoms with Crippen molar-refractivity contribution < 1.29 is 9.13 Å². The summed E-state index contributed by atoms with van der Waals surface area (Å²) in [6.07, 6.45) is 4.10. The van der Waals surface area contributed by atoms with Gasteiger partial charge in [0.05, 0.1) is 25.0 Å². The fourth-order valence-electron chi connectivity index (χ4n) is 5.52. The van der Waals surface area contributed by atoms with Gasteiger partial charge in [0.25, 0.3) is 0 Å². The molecule has 186 valence electrons. The first-order valence-corrected chi connectivity index (χ1v) is 12.5. The molecule has 0 spiro atoms. The average molecular weight is 488 g/mol. The number of halogens is 1. The van der Waals surface area contributed by atoms with Crippen LogP contribution in [0, 0.1) is 12.7 Å². The van der Waals surface area contributed by atoms with Gasteiger partial charge in [0.1, 0.15) is 17.2 Å². The lowest BCUT2D eigenvalue weighted by atomic mass is 10.1. The molecule has 2 aliphatic heterocycles. The quantitative estimate of drug-likeness (QED) is 0.394. The molecule has 0 radical (unpaired) electrons. The van der Waals surface area contributed by atoms with Crippen LogP contribution in [0.25, 0.3) is 22.6 Å². The summed E-state index contributed by atoms with van der Waals surface area (Å²) in [5.74, 6) is 0.194. The normalized spacial score (nSPS) is 20.0. The molecule has 2 atom stereocenters. The van der Waals surface area contributed by atoms with Crippen LogP contribution in [0.4, 0.5) is 4.39 Å². The van der Waals surface area contributed by atoms with Gasteiger partial charge in [0, 0.05) is 43.5 Å². The molecule has 6 rings (SSSR count). The Morgan fingerprint density at radius 2 is 1.78 bits per heavy atom. The summed E-state index contributed by atoms with van der Waals surface area (Å²) in [4.78, 5) is 23.0. The Balaban J connectivity index is 1.32. The topological polar surface area (TPSA) is 72.2 Å². The molecule has 36 heavy (non-hydrogen) atoms. The van der Waals surface area contributed by atoms with Gasteiger partial charge in [0.2, 0.25) is 0 Å². The molecule has 0 saturated carbocycles. The maximum absolute atomic E-state index is 14.0. The Morgan fingerprint density at radius 3 is 2.44 bits per heavy atom. The highest BCUT2D eigenvalue weighted by atomic mass is 19.1. The van der Waals surface area contributed by atoms with E-state index in [0.29, 0.717) is 59.5 Å². The van der Waals surface area contributed by atoms with E-state index in [1.165, 1.54) is 30.8 Å². The predicted molar refractivity (Wildman–Crippen MR) is 135 cm³/mol. The summed E-state index contributed by atoms with van der Waals surface area (Å²) in [6.45, 7) is 8.08. The highest BCUT2D eigenvalue weighted by Crippen LogP contribution is 2.31. The molecule has 4 aromatic rings. The largest absolute Gasteiger partial charge is 0.464 e. The van der Waals surface area contributed by atoms with Gasteiger partial charge < -0.3 is 14.2 Å². The van der Waals surface area contributed by atoms with E-state index in [4.69, 9.17) is 9.72 Å². The van der Waals surface area contributed by atoms with Crippen molar-refractivity contribution in [3.8, 4) is 17.4 Å². The number of nitrogens with zero attached hydrogens (tertiary/aromatic N) is 7. The second-order valence-electron chi connectivity index (χ2n) is 9.84. The van der Waals surface area contributed by atoms with Crippen molar-refractivity contribution >= 4 is 11.2 Å². The second-order valence-corrected chi connectivity index (χ2v) is 9.84. The minimum absolute atomic E-state index is 0.313. The molecule has 3 aromatic heterocycles. The van der Waals surface area contributed by atoms with E-state index < -0.39 is 5.82 Å². The number of piperazine rings is 1. The van der Waals surface area contributed by atoms with Crippen molar-refractivity contribution in [3.05, 3.63) is 65.4 Å². The van der Waals surface area contributed by atoms with Crippen molar-refractivity contribution in [1.29, 1.82) is 0 Å². The fourth-order valence-corrected chi connectivity index (χ4v) is 5.52. The van der Waals surface area contributed by atoms with E-state index in [1.807, 2.05) is 18.4 Å². The zero-order chi connectivity index (χ0) is 24.8. The molecule has 9 heteroatoms. The highest BCUT2D eigenvalue weighted by molar-refractivity contribution is 5.79. The van der Waals surface area contributed by atoms with Crippen LogP contribution in [0.2, 0.25) is 0 Å². The first kappa shape index (κ1) is 23.0. The number of hydrogen-bond donors (Lipinski definition) is 0. The molecule has 2 bridgehead atoms. The van der Waals surface area contributed by atoms with E-state index in [-0.39, 0.29) is 0 Å². The van der Waals surface area contributed by atoms with E-state index >= 15 is 0 Å². The molecule has 1 aromatic carbocycles. The van der Waals surface area contributed by atoms with Crippen LogP contribution < -0.4 is 4.74 Å². The Hall–Kier alpha value is -3.43. The van der Waals surface area contributed by atoms with Crippen molar-refractivity contribution in [2.45, 2.75) is 45.4 Å². The highest BCUT2D eigenvalue weighted by Gasteiger charge is 2.41. The van der Waals surface area contributed by atoms with Crippen molar-refractivity contribution in [3.63, 3.8) is 0 Å². The Kier molecular flexibility index (Phi) is 5.89. The van der Waals surface area contributed by atoms with E-state index in [0.717, 1.165) is 18.7 Å². The molecule has 0 N–H and O–H groups in total. The summed E-state index contributed by atoms with van der Waals surface area (Å²) in [6, 6.07) is 11.9. The number of imidazole rings is 1. The number of likely N-dealkylation sites (N-methyl/N-ethyl adjacent to an activating group) is 1. The van der Waals surface area contributed by atoms with Gasteiger partial charge in [-0.25, -0.2) is 9.37 Å². The number of fused-ring (bicyclic) bond motifs is 3. The first-order valence-electron chi connectivity index (χ1n) is 12.5. The third-order valence-electron chi connectivity index (χ3n) is 7.36. The molecule has 5 heterocycles. The van der Waals surface area contributed by atoms with Crippen LogP contribution >= 0.6 is 0 Å². The maximum atomic E-state index is 14.0. The first-order chi connectivity index (χ1) is 17.5. The SMILES string of the molecule is CCOc1nc(C)c2nc(-c3cncc(F)c3)n(Cc3ccc(CN4C[C@@H]5C[C@H]4CN5C)cc3)c2n1. The molecular weight excluding hydrogens is 457 g/mol. The van der Waals surface area contributed by atoms with Gasteiger partial charge in [-0.2, -0.15) is 9.97 Å². The molecule has 0 amide bonds. The maximum Gasteiger partial charge on any atom is 0.318 e. The van der Waals surface area contributed by atoms with Crippen LogP contribution in [0.1, 0.15) is 30.2 Å². The number of ether oxygens (including phenoxy) is 1. The van der Waals surface area contributed by atoms with E-state index in [2.05, 4.69) is 56.1 Å². The third kappa shape index (κ3) is 4.22. The number of likely N-dealkylation sites (tertiary alicyclic amines) is 2. The zero-order valence-corrected chi connectivity index (χ0v) is 20.9. The minimum atomic E-state index is -0.407. The smallest absolute Gasteiger partial charge is 0.318 e. The summed E-state index contributed by atoms with van der Waals surface area (Å²) in [5.41, 5.74) is 5.07. The van der Waals surface area contributed by atoms with Crippen LogP contribution in [0.5, 0.6) is 6.01 Å². The summed E-state index contributed by atoms with van der Waals surface area (Å²) in [7, 11) is 2.23. The van der Waals surface area contributed by atoms with Gasteiger partial charge in [-0.3, -0.25) is 9.88 Å². The molecule has 0 aliphatic carbocycles. The van der Waals surface area contributed by atoms with Crippen LogP contribution in [0.3, 0.4) is 0 Å². The summed E-state index contributed by atoms with van der Waals surface area (Å²) >= 11 is 0. The number of aromatic nitrogens is 5. The number of benzene rings is 1. The molecule has 8 nitrogen and oxygen atoms in total. The number of pyridine rings is 1. The van der Waals surface area contributed by atoms with Gasteiger partial charge in [-0.1, -0.05) is 24.3 Å². The van der Waals surface area contributed by atoms with Crippen molar-refractivity contribution in [2.75, 3.05) is 26.7 Å². The monoisotopic (exact) mass is 487 g/mol. The Labute approximate surface area is 209 Å². The Morgan fingerprint density at radius 1 is 1.00 bits per heavy atom. The molecule has 0 unspecified atom stereocenters. The van der Waals surface area contributed by atoms with E-state index in [9.17, 15) is 4.39 Å². The van der Waals surface area contributed by atoms with Gasteiger partial charge in [-0.15, -0.1) is 0 Å². The van der Waals surface area contributed by atoms with Gasteiger partial charge in [0.15, 0.2) is 5.65 Å². The average Bonchev–Trinajstić information content (AvgIpc) is 3.53.